The Kier molecular flexibility index (Phi) is 2.22. The van der Waals surface area contributed by atoms with Gasteiger partial charge < -0.3 is 9.47 Å². The van der Waals surface area contributed by atoms with Gasteiger partial charge in [0, 0.05) is 26.8 Å². The maximum Gasteiger partial charge on any atom is 0.273 e. The van der Waals surface area contributed by atoms with E-state index in [9.17, 15) is 4.79 Å². The minimum Gasteiger partial charge on any atom is -0.373 e. The summed E-state index contributed by atoms with van der Waals surface area (Å²) in [4.78, 5) is 13.4. The standard InChI is InChI=1S/C9H14N2O/c1-7-5-6-8(10(2)3)9(12)11(7)4/h5-6H,1-4H3. The Labute approximate surface area is 72.2 Å². The molecule has 0 aliphatic heterocycles. The summed E-state index contributed by atoms with van der Waals surface area (Å²) in [5, 5.41) is 0. The van der Waals surface area contributed by atoms with Crippen LogP contribution >= 0.6 is 0 Å². The lowest BCUT2D eigenvalue weighted by Gasteiger charge is -2.13. The van der Waals surface area contributed by atoms with Gasteiger partial charge in [-0.2, -0.15) is 0 Å². The second kappa shape index (κ2) is 3.01. The van der Waals surface area contributed by atoms with Crippen molar-refractivity contribution in [1.82, 2.24) is 4.57 Å². The molecule has 0 saturated heterocycles. The Bertz CT molecular complexity index is 339. The van der Waals surface area contributed by atoms with E-state index in [2.05, 4.69) is 0 Å². The number of pyridine rings is 1. The number of rotatable bonds is 1. The van der Waals surface area contributed by atoms with Crippen LogP contribution in [0.2, 0.25) is 0 Å². The van der Waals surface area contributed by atoms with Crippen LogP contribution in [0.1, 0.15) is 5.69 Å². The van der Waals surface area contributed by atoms with Crippen LogP contribution in [-0.4, -0.2) is 18.7 Å². The third-order valence-corrected chi connectivity index (χ3v) is 2.02. The highest BCUT2D eigenvalue weighted by Gasteiger charge is 2.03. The van der Waals surface area contributed by atoms with E-state index in [-0.39, 0.29) is 5.56 Å². The number of aryl methyl sites for hydroxylation is 1. The highest BCUT2D eigenvalue weighted by molar-refractivity contribution is 5.42. The molecule has 66 valence electrons. The summed E-state index contributed by atoms with van der Waals surface area (Å²) in [6, 6.07) is 3.79. The van der Waals surface area contributed by atoms with Crippen molar-refractivity contribution >= 4 is 5.69 Å². The lowest BCUT2D eigenvalue weighted by atomic mass is 10.3. The van der Waals surface area contributed by atoms with E-state index in [1.54, 1.807) is 11.6 Å². The SMILES string of the molecule is Cc1ccc(N(C)C)c(=O)n1C. The predicted molar refractivity (Wildman–Crippen MR) is 50.7 cm³/mol. The van der Waals surface area contributed by atoms with Gasteiger partial charge >= 0.3 is 0 Å². The van der Waals surface area contributed by atoms with Gasteiger partial charge in [0.2, 0.25) is 0 Å². The molecule has 0 N–H and O–H groups in total. The average molecular weight is 166 g/mol. The zero-order chi connectivity index (χ0) is 9.30. The van der Waals surface area contributed by atoms with Crippen LogP contribution in [0.5, 0.6) is 0 Å². The number of nitrogens with zero attached hydrogens (tertiary/aromatic N) is 2. The smallest absolute Gasteiger partial charge is 0.273 e. The number of hydrogen-bond acceptors (Lipinski definition) is 2. The van der Waals surface area contributed by atoms with Gasteiger partial charge in [0.1, 0.15) is 5.69 Å². The zero-order valence-electron chi connectivity index (χ0n) is 7.96. The van der Waals surface area contributed by atoms with Crippen molar-refractivity contribution in [3.05, 3.63) is 28.2 Å². The highest BCUT2D eigenvalue weighted by atomic mass is 16.1. The fraction of sp³-hybridized carbons (Fsp3) is 0.444. The van der Waals surface area contributed by atoms with Crippen molar-refractivity contribution in [2.75, 3.05) is 19.0 Å². The van der Waals surface area contributed by atoms with Crippen molar-refractivity contribution < 1.29 is 0 Å². The van der Waals surface area contributed by atoms with E-state index in [1.165, 1.54) is 0 Å². The molecule has 0 amide bonds. The molecule has 3 nitrogen and oxygen atoms in total. The maximum atomic E-state index is 11.6. The van der Waals surface area contributed by atoms with Gasteiger partial charge in [-0.15, -0.1) is 0 Å². The van der Waals surface area contributed by atoms with E-state index in [1.807, 2.05) is 38.1 Å². The summed E-state index contributed by atoms with van der Waals surface area (Å²) in [5.41, 5.74) is 1.76. The summed E-state index contributed by atoms with van der Waals surface area (Å²) < 4.78 is 1.65. The largest absolute Gasteiger partial charge is 0.373 e. The Hall–Kier alpha value is -1.25. The van der Waals surface area contributed by atoms with Gasteiger partial charge in [-0.1, -0.05) is 0 Å². The Morgan fingerprint density at radius 2 is 1.92 bits per heavy atom. The number of aromatic nitrogens is 1. The van der Waals surface area contributed by atoms with Gasteiger partial charge in [0.25, 0.3) is 5.56 Å². The normalized spacial score (nSPS) is 10.0. The first-order chi connectivity index (χ1) is 5.54. The summed E-state index contributed by atoms with van der Waals surface area (Å²) in [7, 11) is 5.52. The summed E-state index contributed by atoms with van der Waals surface area (Å²) in [6.07, 6.45) is 0. The van der Waals surface area contributed by atoms with Gasteiger partial charge in [-0.05, 0) is 19.1 Å². The number of hydrogen-bond donors (Lipinski definition) is 0. The number of anilines is 1. The molecular weight excluding hydrogens is 152 g/mol. The molecule has 12 heavy (non-hydrogen) atoms. The van der Waals surface area contributed by atoms with Crippen LogP contribution in [-0.2, 0) is 7.05 Å². The van der Waals surface area contributed by atoms with Crippen LogP contribution in [0.4, 0.5) is 5.69 Å². The molecule has 1 aromatic rings. The van der Waals surface area contributed by atoms with Crippen LogP contribution in [0, 0.1) is 6.92 Å². The fourth-order valence-electron chi connectivity index (χ4n) is 1.05. The van der Waals surface area contributed by atoms with E-state index >= 15 is 0 Å². The van der Waals surface area contributed by atoms with Crippen molar-refractivity contribution in [3.63, 3.8) is 0 Å². The third-order valence-electron chi connectivity index (χ3n) is 2.02. The highest BCUT2D eigenvalue weighted by Crippen LogP contribution is 2.04. The fourth-order valence-corrected chi connectivity index (χ4v) is 1.05. The molecule has 0 fully saturated rings. The quantitative estimate of drug-likeness (QED) is 0.615. The van der Waals surface area contributed by atoms with E-state index in [4.69, 9.17) is 0 Å². The maximum absolute atomic E-state index is 11.6. The molecule has 0 aliphatic carbocycles. The van der Waals surface area contributed by atoms with Crippen molar-refractivity contribution in [1.29, 1.82) is 0 Å². The van der Waals surface area contributed by atoms with Crippen molar-refractivity contribution in [2.24, 2.45) is 7.05 Å². The van der Waals surface area contributed by atoms with Crippen LogP contribution in [0.15, 0.2) is 16.9 Å². The molecule has 1 aromatic heterocycles. The topological polar surface area (TPSA) is 25.2 Å². The first kappa shape index (κ1) is 8.84. The minimum absolute atomic E-state index is 0.0556. The molecule has 0 saturated carbocycles. The molecule has 0 aliphatic rings. The molecule has 0 radical (unpaired) electrons. The van der Waals surface area contributed by atoms with E-state index in [0.717, 1.165) is 11.4 Å². The monoisotopic (exact) mass is 166 g/mol. The van der Waals surface area contributed by atoms with Gasteiger partial charge in [-0.3, -0.25) is 4.79 Å². The first-order valence-electron chi connectivity index (χ1n) is 3.88. The lowest BCUT2D eigenvalue weighted by molar-refractivity contribution is 0.812. The predicted octanol–water partition coefficient (Wildman–Crippen LogP) is 0.760. The van der Waals surface area contributed by atoms with E-state index < -0.39 is 0 Å². The molecule has 1 rings (SSSR count). The summed E-state index contributed by atoms with van der Waals surface area (Å²) in [5.74, 6) is 0. The minimum atomic E-state index is 0.0556. The zero-order valence-corrected chi connectivity index (χ0v) is 7.96. The van der Waals surface area contributed by atoms with Gasteiger partial charge in [0.05, 0.1) is 0 Å². The van der Waals surface area contributed by atoms with Crippen LogP contribution < -0.4 is 10.5 Å². The average Bonchev–Trinajstić information content (AvgIpc) is 2.00. The Morgan fingerprint density at radius 3 is 2.42 bits per heavy atom. The first-order valence-corrected chi connectivity index (χ1v) is 3.88. The Balaban J connectivity index is 3.37. The van der Waals surface area contributed by atoms with Gasteiger partial charge in [-0.25, -0.2) is 0 Å². The molecular formula is C9H14N2O. The molecule has 0 spiro atoms. The second-order valence-electron chi connectivity index (χ2n) is 3.12. The molecule has 1 heterocycles. The Morgan fingerprint density at radius 1 is 1.33 bits per heavy atom. The van der Waals surface area contributed by atoms with Crippen LogP contribution in [0.25, 0.3) is 0 Å². The molecule has 0 aromatic carbocycles. The second-order valence-corrected chi connectivity index (χ2v) is 3.12. The molecule has 0 atom stereocenters. The van der Waals surface area contributed by atoms with Crippen molar-refractivity contribution in [3.8, 4) is 0 Å². The van der Waals surface area contributed by atoms with E-state index in [0.29, 0.717) is 0 Å². The van der Waals surface area contributed by atoms with Gasteiger partial charge in [0.15, 0.2) is 0 Å². The molecule has 0 unspecified atom stereocenters. The van der Waals surface area contributed by atoms with Crippen molar-refractivity contribution in [2.45, 2.75) is 6.92 Å². The molecule has 3 heteroatoms. The summed E-state index contributed by atoms with van der Waals surface area (Å²) >= 11 is 0. The lowest BCUT2D eigenvalue weighted by Crippen LogP contribution is -2.26. The third kappa shape index (κ3) is 1.35. The molecule has 0 bridgehead atoms. The van der Waals surface area contributed by atoms with Crippen LogP contribution in [0.3, 0.4) is 0 Å². The summed E-state index contributed by atoms with van der Waals surface area (Å²) in [6.45, 7) is 1.92.